The van der Waals surface area contributed by atoms with Gasteiger partial charge in [-0.25, -0.2) is 4.39 Å². The topological polar surface area (TPSA) is 26.0 Å². The molecule has 0 saturated carbocycles. The number of halogens is 2. The second-order valence-electron chi connectivity index (χ2n) is 2.47. The summed E-state index contributed by atoms with van der Waals surface area (Å²) in [4.78, 5) is 0. The van der Waals surface area contributed by atoms with Crippen molar-refractivity contribution >= 4 is 49.7 Å². The highest BCUT2D eigenvalue weighted by Gasteiger charge is 2.05. The molecule has 0 radical (unpaired) electrons. The van der Waals surface area contributed by atoms with E-state index in [2.05, 4.69) is 22.6 Å². The van der Waals surface area contributed by atoms with E-state index in [9.17, 15) is 4.39 Å². The lowest BCUT2D eigenvalue weighted by Gasteiger charge is -1.94. The molecule has 2 aromatic rings. The predicted molar refractivity (Wildman–Crippen MR) is 58.9 cm³/mol. The van der Waals surface area contributed by atoms with Crippen LogP contribution in [0.4, 0.5) is 10.1 Å². The molecule has 12 heavy (non-hydrogen) atoms. The van der Waals surface area contributed by atoms with Gasteiger partial charge in [-0.2, -0.15) is 0 Å². The summed E-state index contributed by atoms with van der Waals surface area (Å²) in [6.45, 7) is 0. The Labute approximate surface area is 86.5 Å². The van der Waals surface area contributed by atoms with Crippen LogP contribution in [0.1, 0.15) is 0 Å². The molecule has 62 valence electrons. The first-order chi connectivity index (χ1) is 5.66. The Morgan fingerprint density at radius 3 is 2.83 bits per heavy atom. The maximum atomic E-state index is 13.2. The molecule has 0 bridgehead atoms. The van der Waals surface area contributed by atoms with Crippen LogP contribution in [-0.4, -0.2) is 0 Å². The predicted octanol–water partition coefficient (Wildman–Crippen LogP) is 3.23. The van der Waals surface area contributed by atoms with Crippen molar-refractivity contribution in [2.24, 2.45) is 0 Å². The third-order valence-corrected chi connectivity index (χ3v) is 3.42. The number of thiophene rings is 1. The maximum absolute atomic E-state index is 13.2. The Morgan fingerprint density at radius 1 is 1.33 bits per heavy atom. The summed E-state index contributed by atoms with van der Waals surface area (Å²) < 4.78 is 15.2. The number of hydrogen-bond donors (Lipinski definition) is 1. The first kappa shape index (κ1) is 8.25. The van der Waals surface area contributed by atoms with Crippen LogP contribution in [0, 0.1) is 8.70 Å². The normalized spacial score (nSPS) is 10.8. The van der Waals surface area contributed by atoms with E-state index in [0.717, 1.165) is 7.58 Å². The minimum atomic E-state index is -0.232. The number of rotatable bonds is 0. The molecule has 1 aromatic heterocycles. The van der Waals surface area contributed by atoms with Gasteiger partial charge < -0.3 is 5.73 Å². The summed E-state index contributed by atoms with van der Waals surface area (Å²) in [5, 5.41) is 0.665. The summed E-state index contributed by atoms with van der Waals surface area (Å²) in [6.07, 6.45) is 0. The zero-order valence-electron chi connectivity index (χ0n) is 5.97. The molecule has 0 saturated heterocycles. The van der Waals surface area contributed by atoms with Gasteiger partial charge in [-0.05, 0) is 40.8 Å². The molecular weight excluding hydrogens is 288 g/mol. The van der Waals surface area contributed by atoms with Crippen molar-refractivity contribution in [2.75, 3.05) is 5.73 Å². The third-order valence-electron chi connectivity index (χ3n) is 1.58. The fraction of sp³-hybridized carbons (Fsp3) is 0. The lowest BCUT2D eigenvalue weighted by molar-refractivity contribution is 0.641. The summed E-state index contributed by atoms with van der Waals surface area (Å²) in [5.74, 6) is -0.232. The Balaban J connectivity index is 2.88. The summed E-state index contributed by atoms with van der Waals surface area (Å²) in [6, 6.07) is 4.98. The van der Waals surface area contributed by atoms with Crippen molar-refractivity contribution in [2.45, 2.75) is 0 Å². The van der Waals surface area contributed by atoms with E-state index in [4.69, 9.17) is 5.73 Å². The van der Waals surface area contributed by atoms with E-state index < -0.39 is 0 Å². The smallest absolute Gasteiger partial charge is 0.133 e. The van der Waals surface area contributed by atoms with Gasteiger partial charge in [0.25, 0.3) is 0 Å². The van der Waals surface area contributed by atoms with Crippen LogP contribution in [-0.2, 0) is 0 Å². The fourth-order valence-electron chi connectivity index (χ4n) is 1.09. The Morgan fingerprint density at radius 2 is 2.08 bits per heavy atom. The first-order valence-corrected chi connectivity index (χ1v) is 5.20. The zero-order chi connectivity index (χ0) is 8.72. The lowest BCUT2D eigenvalue weighted by Crippen LogP contribution is -1.85. The van der Waals surface area contributed by atoms with E-state index in [0.29, 0.717) is 11.1 Å². The van der Waals surface area contributed by atoms with Crippen molar-refractivity contribution in [3.63, 3.8) is 0 Å². The number of anilines is 1. The first-order valence-electron chi connectivity index (χ1n) is 3.31. The molecule has 2 rings (SSSR count). The standard InChI is InChI=1S/C8H5FINS/c9-6-1-4(11)2-7-5(6)3-8(10)12-7/h1-3H,11H2. The van der Waals surface area contributed by atoms with Crippen molar-refractivity contribution in [1.82, 2.24) is 0 Å². The number of nitrogens with two attached hydrogens (primary N) is 1. The van der Waals surface area contributed by atoms with Crippen molar-refractivity contribution < 1.29 is 4.39 Å². The average molecular weight is 293 g/mol. The van der Waals surface area contributed by atoms with E-state index >= 15 is 0 Å². The Bertz CT molecular complexity index is 438. The highest BCUT2D eigenvalue weighted by atomic mass is 127. The largest absolute Gasteiger partial charge is 0.399 e. The molecule has 0 atom stereocenters. The molecular formula is C8H5FINS. The number of nitrogen functional groups attached to an aromatic ring is 1. The molecule has 0 aliphatic heterocycles. The van der Waals surface area contributed by atoms with Crippen LogP contribution in [0.15, 0.2) is 18.2 Å². The lowest BCUT2D eigenvalue weighted by atomic mass is 10.2. The zero-order valence-corrected chi connectivity index (χ0v) is 8.95. The van der Waals surface area contributed by atoms with Crippen LogP contribution in [0.25, 0.3) is 10.1 Å². The van der Waals surface area contributed by atoms with Gasteiger partial charge >= 0.3 is 0 Å². The molecule has 0 amide bonds. The Kier molecular flexibility index (Phi) is 1.96. The minimum Gasteiger partial charge on any atom is -0.399 e. The summed E-state index contributed by atoms with van der Waals surface area (Å²) in [5.41, 5.74) is 5.98. The highest BCUT2D eigenvalue weighted by Crippen LogP contribution is 2.30. The molecule has 1 heterocycles. The van der Waals surface area contributed by atoms with Crippen LogP contribution < -0.4 is 5.73 Å². The van der Waals surface area contributed by atoms with Crippen molar-refractivity contribution in [1.29, 1.82) is 0 Å². The third kappa shape index (κ3) is 1.29. The van der Waals surface area contributed by atoms with Crippen LogP contribution in [0.3, 0.4) is 0 Å². The second kappa shape index (κ2) is 2.85. The second-order valence-corrected chi connectivity index (χ2v) is 5.44. The van der Waals surface area contributed by atoms with Gasteiger partial charge in [0, 0.05) is 15.8 Å². The van der Waals surface area contributed by atoms with E-state index in [-0.39, 0.29) is 5.82 Å². The summed E-state index contributed by atoms with van der Waals surface area (Å²) >= 11 is 3.72. The molecule has 4 heteroatoms. The van der Waals surface area contributed by atoms with Crippen LogP contribution >= 0.6 is 33.9 Å². The SMILES string of the molecule is Nc1cc(F)c2cc(I)sc2c1. The van der Waals surface area contributed by atoms with E-state index in [1.807, 2.05) is 6.07 Å². The van der Waals surface area contributed by atoms with Gasteiger partial charge in [-0.15, -0.1) is 11.3 Å². The van der Waals surface area contributed by atoms with Gasteiger partial charge in [0.2, 0.25) is 0 Å². The monoisotopic (exact) mass is 293 g/mol. The highest BCUT2D eigenvalue weighted by molar-refractivity contribution is 14.1. The van der Waals surface area contributed by atoms with Gasteiger partial charge in [-0.1, -0.05) is 0 Å². The summed E-state index contributed by atoms with van der Waals surface area (Å²) in [7, 11) is 0. The minimum absolute atomic E-state index is 0.232. The molecule has 0 spiro atoms. The molecule has 2 N–H and O–H groups in total. The molecule has 0 aliphatic carbocycles. The quantitative estimate of drug-likeness (QED) is 0.586. The maximum Gasteiger partial charge on any atom is 0.133 e. The van der Waals surface area contributed by atoms with Gasteiger partial charge in [0.1, 0.15) is 5.82 Å². The molecule has 0 fully saturated rings. The van der Waals surface area contributed by atoms with Crippen LogP contribution in [0.5, 0.6) is 0 Å². The molecule has 1 nitrogen and oxygen atoms in total. The molecule has 1 aromatic carbocycles. The van der Waals surface area contributed by atoms with Gasteiger partial charge in [0.15, 0.2) is 0 Å². The molecule has 0 aliphatic rings. The van der Waals surface area contributed by atoms with Crippen molar-refractivity contribution in [3.05, 3.63) is 26.9 Å². The van der Waals surface area contributed by atoms with Gasteiger partial charge in [0.05, 0.1) is 2.88 Å². The van der Waals surface area contributed by atoms with Crippen LogP contribution in [0.2, 0.25) is 0 Å². The van der Waals surface area contributed by atoms with E-state index in [1.54, 1.807) is 17.4 Å². The average Bonchev–Trinajstić information content (AvgIpc) is 2.29. The number of hydrogen-bond acceptors (Lipinski definition) is 2. The number of benzene rings is 1. The van der Waals surface area contributed by atoms with Crippen molar-refractivity contribution in [3.8, 4) is 0 Å². The Hall–Kier alpha value is -0.360. The fourth-order valence-corrected chi connectivity index (χ4v) is 2.96. The van der Waals surface area contributed by atoms with Gasteiger partial charge in [-0.3, -0.25) is 0 Å². The molecule has 0 unspecified atom stereocenters. The van der Waals surface area contributed by atoms with E-state index in [1.165, 1.54) is 6.07 Å². The number of fused-ring (bicyclic) bond motifs is 1.